The molecule has 0 bridgehead atoms. The Morgan fingerprint density at radius 1 is 1.07 bits per heavy atom. The van der Waals surface area contributed by atoms with Gasteiger partial charge in [-0.05, 0) is 41.3 Å². The molecular formula is C27H30F3N5O5S. The van der Waals surface area contributed by atoms with Gasteiger partial charge in [0, 0.05) is 39.3 Å². The van der Waals surface area contributed by atoms with Crippen molar-refractivity contribution in [3.05, 3.63) is 77.0 Å². The average molecular weight is 594 g/mol. The molecule has 2 N–H and O–H groups in total. The zero-order chi connectivity index (χ0) is 30.1. The van der Waals surface area contributed by atoms with Crippen molar-refractivity contribution in [1.29, 1.82) is 0 Å². The molecule has 14 heteroatoms. The Balaban J connectivity index is 1.61. The van der Waals surface area contributed by atoms with Crippen LogP contribution in [0.15, 0.2) is 59.5 Å². The Kier molecular flexibility index (Phi) is 8.45. The minimum Gasteiger partial charge on any atom is -0.477 e. The number of aromatic carboxylic acids is 1. The highest BCUT2D eigenvalue weighted by Gasteiger charge is 2.41. The largest absolute Gasteiger partial charge is 0.477 e. The minimum atomic E-state index is -4.64. The van der Waals surface area contributed by atoms with E-state index in [0.717, 1.165) is 27.6 Å². The predicted octanol–water partition coefficient (Wildman–Crippen LogP) is 3.46. The van der Waals surface area contributed by atoms with E-state index >= 15 is 0 Å². The van der Waals surface area contributed by atoms with Crippen LogP contribution < -0.4 is 10.2 Å². The molecule has 1 aliphatic heterocycles. The van der Waals surface area contributed by atoms with Crippen molar-refractivity contribution in [2.24, 2.45) is 7.05 Å². The van der Waals surface area contributed by atoms with E-state index in [1.165, 1.54) is 17.8 Å². The maximum Gasteiger partial charge on any atom is 0.416 e. The van der Waals surface area contributed by atoms with Gasteiger partial charge in [-0.2, -0.15) is 22.6 Å². The SMILES string of the molecule is CC(C)c1ccc(CNC(=O)C2CN(c3cc(C(=O)O)n(C)n3)CCN2S(=O)(=O)c2ccc(C(F)(F)F)cc2)cc1. The average Bonchev–Trinajstić information content (AvgIpc) is 3.33. The summed E-state index contributed by atoms with van der Waals surface area (Å²) >= 11 is 0. The lowest BCUT2D eigenvalue weighted by atomic mass is 10.0. The van der Waals surface area contributed by atoms with E-state index in [2.05, 4.69) is 24.3 Å². The van der Waals surface area contributed by atoms with E-state index in [1.54, 1.807) is 4.90 Å². The third-order valence-corrected chi connectivity index (χ3v) is 8.87. The molecule has 41 heavy (non-hydrogen) atoms. The van der Waals surface area contributed by atoms with E-state index < -0.39 is 39.7 Å². The summed E-state index contributed by atoms with van der Waals surface area (Å²) in [5.74, 6) is -1.25. The lowest BCUT2D eigenvalue weighted by molar-refractivity contribution is -0.137. The highest BCUT2D eigenvalue weighted by atomic mass is 32.2. The molecule has 2 heterocycles. The maximum atomic E-state index is 13.6. The molecule has 0 spiro atoms. The number of sulfonamides is 1. The van der Waals surface area contributed by atoms with Crippen molar-refractivity contribution in [2.75, 3.05) is 24.5 Å². The molecule has 4 rings (SSSR count). The van der Waals surface area contributed by atoms with Crippen LogP contribution in [0.25, 0.3) is 0 Å². The van der Waals surface area contributed by atoms with Crippen molar-refractivity contribution in [3.63, 3.8) is 0 Å². The molecule has 1 amide bonds. The van der Waals surface area contributed by atoms with Gasteiger partial charge in [-0.3, -0.25) is 9.48 Å². The summed E-state index contributed by atoms with van der Waals surface area (Å²) in [6.07, 6.45) is -4.64. The number of rotatable bonds is 8. The number of benzene rings is 2. The molecule has 1 atom stereocenters. The number of alkyl halides is 3. The number of anilines is 1. The number of aryl methyl sites for hydroxylation is 1. The number of amides is 1. The van der Waals surface area contributed by atoms with E-state index in [9.17, 15) is 36.3 Å². The lowest BCUT2D eigenvalue weighted by Crippen LogP contribution is -2.60. The van der Waals surface area contributed by atoms with Crippen LogP contribution in [0.2, 0.25) is 0 Å². The number of nitrogens with zero attached hydrogens (tertiary/aromatic N) is 4. The van der Waals surface area contributed by atoms with Crippen LogP contribution in [0, 0.1) is 0 Å². The van der Waals surface area contributed by atoms with Gasteiger partial charge in [0.05, 0.1) is 10.5 Å². The first kappa shape index (κ1) is 30.1. The number of piperazine rings is 1. The first-order valence-electron chi connectivity index (χ1n) is 12.8. The van der Waals surface area contributed by atoms with Crippen LogP contribution in [0.4, 0.5) is 19.0 Å². The molecular weight excluding hydrogens is 563 g/mol. The number of carbonyl (C=O) groups excluding carboxylic acids is 1. The van der Waals surface area contributed by atoms with Crippen molar-refractivity contribution < 1.29 is 36.3 Å². The topological polar surface area (TPSA) is 125 Å². The molecule has 2 aromatic carbocycles. The summed E-state index contributed by atoms with van der Waals surface area (Å²) in [6, 6.07) is 10.8. The Morgan fingerprint density at radius 2 is 1.71 bits per heavy atom. The summed E-state index contributed by atoms with van der Waals surface area (Å²) in [4.78, 5) is 26.2. The third kappa shape index (κ3) is 6.54. The first-order chi connectivity index (χ1) is 19.2. The monoisotopic (exact) mass is 593 g/mol. The minimum absolute atomic E-state index is 0.0659. The second-order valence-electron chi connectivity index (χ2n) is 10.0. The molecule has 220 valence electrons. The number of hydrogen-bond acceptors (Lipinski definition) is 6. The molecule has 1 aliphatic rings. The number of carboxylic acid groups (broad SMARTS) is 1. The highest BCUT2D eigenvalue weighted by Crippen LogP contribution is 2.31. The van der Waals surface area contributed by atoms with Crippen molar-refractivity contribution >= 4 is 27.7 Å². The standard InChI is InChI=1S/C27H30F3N5O5S/c1-17(2)19-6-4-18(5-7-19)15-31-25(36)23-16-34(24-14-22(26(37)38)33(3)32-24)12-13-35(23)41(39,40)21-10-8-20(9-11-21)27(28,29)30/h4-11,14,17,23H,12-13,15-16H2,1-3H3,(H,31,36)(H,37,38). The summed E-state index contributed by atoms with van der Waals surface area (Å²) < 4.78 is 68.4. The van der Waals surface area contributed by atoms with Gasteiger partial charge < -0.3 is 15.3 Å². The molecule has 1 saturated heterocycles. The number of aromatic nitrogens is 2. The van der Waals surface area contributed by atoms with Gasteiger partial charge >= 0.3 is 12.1 Å². The number of carboxylic acids is 1. The molecule has 0 radical (unpaired) electrons. The lowest BCUT2D eigenvalue weighted by Gasteiger charge is -2.39. The summed E-state index contributed by atoms with van der Waals surface area (Å²) in [5.41, 5.74) is 0.824. The molecule has 0 aliphatic carbocycles. The maximum absolute atomic E-state index is 13.6. The van der Waals surface area contributed by atoms with Crippen LogP contribution in [0.1, 0.15) is 46.9 Å². The van der Waals surface area contributed by atoms with Crippen LogP contribution in [-0.2, 0) is 34.6 Å². The smallest absolute Gasteiger partial charge is 0.416 e. The van der Waals surface area contributed by atoms with Crippen molar-refractivity contribution in [2.45, 2.75) is 43.4 Å². The number of halogens is 3. The van der Waals surface area contributed by atoms with Crippen molar-refractivity contribution in [1.82, 2.24) is 19.4 Å². The molecule has 1 unspecified atom stereocenters. The van der Waals surface area contributed by atoms with Crippen LogP contribution in [-0.4, -0.2) is 65.2 Å². The van der Waals surface area contributed by atoms with E-state index in [0.29, 0.717) is 18.1 Å². The number of hydrogen-bond donors (Lipinski definition) is 2. The fraction of sp³-hybridized carbons (Fsp3) is 0.370. The van der Waals surface area contributed by atoms with Crippen LogP contribution in [0.5, 0.6) is 0 Å². The normalized spacial score (nSPS) is 16.7. The fourth-order valence-electron chi connectivity index (χ4n) is 4.56. The Labute approximate surface area is 235 Å². The van der Waals surface area contributed by atoms with Gasteiger partial charge in [0.25, 0.3) is 0 Å². The Morgan fingerprint density at radius 3 is 2.24 bits per heavy atom. The van der Waals surface area contributed by atoms with Gasteiger partial charge in [-0.1, -0.05) is 38.1 Å². The second-order valence-corrected chi connectivity index (χ2v) is 11.9. The molecule has 1 aromatic heterocycles. The molecule has 3 aromatic rings. The zero-order valence-corrected chi connectivity index (χ0v) is 23.4. The summed E-state index contributed by atoms with van der Waals surface area (Å²) in [5, 5.41) is 16.4. The van der Waals surface area contributed by atoms with Crippen molar-refractivity contribution in [3.8, 4) is 0 Å². The van der Waals surface area contributed by atoms with Gasteiger partial charge in [-0.25, -0.2) is 13.2 Å². The van der Waals surface area contributed by atoms with Gasteiger partial charge in [-0.15, -0.1) is 0 Å². The van der Waals surface area contributed by atoms with E-state index in [1.807, 2.05) is 24.3 Å². The number of nitrogens with one attached hydrogen (secondary N) is 1. The Bertz CT molecular complexity index is 1520. The molecule has 1 fully saturated rings. The highest BCUT2D eigenvalue weighted by molar-refractivity contribution is 7.89. The van der Waals surface area contributed by atoms with Crippen LogP contribution >= 0.6 is 0 Å². The second kappa shape index (κ2) is 11.5. The zero-order valence-electron chi connectivity index (χ0n) is 22.6. The first-order valence-corrected chi connectivity index (χ1v) is 14.2. The van der Waals surface area contributed by atoms with Gasteiger partial charge in [0.1, 0.15) is 11.7 Å². The molecule has 10 nitrogen and oxygen atoms in total. The Hall–Kier alpha value is -3.91. The predicted molar refractivity (Wildman–Crippen MR) is 144 cm³/mol. The quantitative estimate of drug-likeness (QED) is 0.410. The van der Waals surface area contributed by atoms with Crippen LogP contribution in [0.3, 0.4) is 0 Å². The summed E-state index contributed by atoms with van der Waals surface area (Å²) in [6.45, 7) is 3.94. The van der Waals surface area contributed by atoms with Gasteiger partial charge in [0.15, 0.2) is 5.82 Å². The van der Waals surface area contributed by atoms with E-state index in [-0.39, 0.29) is 42.6 Å². The third-order valence-electron chi connectivity index (χ3n) is 6.95. The number of carbonyl (C=O) groups is 2. The summed E-state index contributed by atoms with van der Waals surface area (Å²) in [7, 11) is -2.93. The van der Waals surface area contributed by atoms with Gasteiger partial charge in [0.2, 0.25) is 15.9 Å². The fourth-order valence-corrected chi connectivity index (χ4v) is 6.13. The van der Waals surface area contributed by atoms with E-state index in [4.69, 9.17) is 0 Å². The molecule has 0 saturated carbocycles.